The molecule has 0 radical (unpaired) electrons. The second kappa shape index (κ2) is 10.3. The molecule has 0 aliphatic heterocycles. The van der Waals surface area contributed by atoms with Crippen LogP contribution in [0.2, 0.25) is 0 Å². The van der Waals surface area contributed by atoms with Crippen LogP contribution < -0.4 is 4.74 Å². The fourth-order valence-electron chi connectivity index (χ4n) is 2.86. The van der Waals surface area contributed by atoms with Gasteiger partial charge in [0.2, 0.25) is 0 Å². The lowest BCUT2D eigenvalue weighted by Gasteiger charge is -2.15. The van der Waals surface area contributed by atoms with Crippen LogP contribution in [-0.4, -0.2) is 17.7 Å². The van der Waals surface area contributed by atoms with E-state index in [4.69, 9.17) is 9.47 Å². The normalized spacial score (nSPS) is 11.6. The Morgan fingerprint density at radius 3 is 1.93 bits per heavy atom. The van der Waals surface area contributed by atoms with Crippen molar-refractivity contribution in [3.8, 4) is 5.75 Å². The van der Waals surface area contributed by atoms with E-state index in [-0.39, 0.29) is 31.5 Å². The topological polar surface area (TPSA) is 55.8 Å². The molecule has 0 bridgehead atoms. The van der Waals surface area contributed by atoms with Gasteiger partial charge in [0.25, 0.3) is 0 Å². The summed E-state index contributed by atoms with van der Waals surface area (Å²) in [7, 11) is 0. The van der Waals surface area contributed by atoms with E-state index in [0.717, 1.165) is 22.4 Å². The van der Waals surface area contributed by atoms with Gasteiger partial charge < -0.3 is 14.6 Å². The minimum Gasteiger partial charge on any atom is -0.489 e. The standard InChI is InChI=1S/C24H24O4/c25-16-22(15-24(26)28-18-20-9-5-2-6-10-20)21-11-13-23(14-12-21)27-17-19-7-3-1-4-8-19/h1-14,22,25H,15-18H2. The molecule has 3 rings (SSSR count). The SMILES string of the molecule is O=C(CC(CO)c1ccc(OCc2ccccc2)cc1)OCc1ccccc1. The first-order chi connectivity index (χ1) is 13.7. The van der Waals surface area contributed by atoms with Gasteiger partial charge in [-0.3, -0.25) is 4.79 Å². The molecule has 0 saturated heterocycles. The number of hydrogen-bond donors (Lipinski definition) is 1. The predicted octanol–water partition coefficient (Wildman–Crippen LogP) is 4.48. The van der Waals surface area contributed by atoms with Crippen molar-refractivity contribution in [3.05, 3.63) is 102 Å². The average molecular weight is 376 g/mol. The molecule has 1 atom stereocenters. The summed E-state index contributed by atoms with van der Waals surface area (Å²) < 4.78 is 11.1. The third-order valence-corrected chi connectivity index (χ3v) is 4.48. The summed E-state index contributed by atoms with van der Waals surface area (Å²) in [5, 5.41) is 9.70. The van der Waals surface area contributed by atoms with Gasteiger partial charge in [0, 0.05) is 5.92 Å². The van der Waals surface area contributed by atoms with E-state index < -0.39 is 0 Å². The Balaban J connectivity index is 1.51. The Hall–Kier alpha value is -3.11. The number of ether oxygens (including phenoxy) is 2. The van der Waals surface area contributed by atoms with Gasteiger partial charge in [0.15, 0.2) is 0 Å². The van der Waals surface area contributed by atoms with Crippen molar-refractivity contribution in [3.63, 3.8) is 0 Å². The van der Waals surface area contributed by atoms with Crippen LogP contribution in [0.25, 0.3) is 0 Å². The van der Waals surface area contributed by atoms with Gasteiger partial charge >= 0.3 is 5.97 Å². The van der Waals surface area contributed by atoms with Gasteiger partial charge in [-0.05, 0) is 28.8 Å². The predicted molar refractivity (Wildman–Crippen MR) is 108 cm³/mol. The molecule has 144 valence electrons. The fraction of sp³-hybridized carbons (Fsp3) is 0.208. The number of rotatable bonds is 9. The summed E-state index contributed by atoms with van der Waals surface area (Å²) >= 11 is 0. The van der Waals surface area contributed by atoms with Gasteiger partial charge in [-0.2, -0.15) is 0 Å². The zero-order valence-electron chi connectivity index (χ0n) is 15.7. The summed E-state index contributed by atoms with van der Waals surface area (Å²) in [6, 6.07) is 27.0. The third kappa shape index (κ3) is 5.96. The van der Waals surface area contributed by atoms with E-state index in [1.54, 1.807) is 0 Å². The fourth-order valence-corrected chi connectivity index (χ4v) is 2.86. The highest BCUT2D eigenvalue weighted by Gasteiger charge is 2.16. The number of carbonyl (C=O) groups is 1. The van der Waals surface area contributed by atoms with Crippen molar-refractivity contribution in [2.75, 3.05) is 6.61 Å². The number of benzene rings is 3. The molecule has 3 aromatic carbocycles. The van der Waals surface area contributed by atoms with Crippen LogP contribution in [0.3, 0.4) is 0 Å². The van der Waals surface area contributed by atoms with Crippen molar-refractivity contribution in [2.45, 2.75) is 25.6 Å². The van der Waals surface area contributed by atoms with Crippen LogP contribution in [0, 0.1) is 0 Å². The molecule has 28 heavy (non-hydrogen) atoms. The van der Waals surface area contributed by atoms with E-state index in [1.807, 2.05) is 84.9 Å². The van der Waals surface area contributed by atoms with Crippen LogP contribution in [0.1, 0.15) is 29.0 Å². The van der Waals surface area contributed by atoms with Crippen molar-refractivity contribution >= 4 is 5.97 Å². The number of esters is 1. The highest BCUT2D eigenvalue weighted by atomic mass is 16.5. The number of aliphatic hydroxyl groups is 1. The maximum absolute atomic E-state index is 12.1. The summed E-state index contributed by atoms with van der Waals surface area (Å²) in [5.41, 5.74) is 2.92. The smallest absolute Gasteiger partial charge is 0.306 e. The lowest BCUT2D eigenvalue weighted by molar-refractivity contribution is -0.145. The number of hydrogen-bond acceptors (Lipinski definition) is 4. The van der Waals surface area contributed by atoms with Crippen molar-refractivity contribution in [1.29, 1.82) is 0 Å². The van der Waals surface area contributed by atoms with E-state index in [9.17, 15) is 9.90 Å². The van der Waals surface area contributed by atoms with E-state index in [2.05, 4.69) is 0 Å². The third-order valence-electron chi connectivity index (χ3n) is 4.48. The zero-order valence-corrected chi connectivity index (χ0v) is 15.7. The van der Waals surface area contributed by atoms with E-state index in [0.29, 0.717) is 6.61 Å². The summed E-state index contributed by atoms with van der Waals surface area (Å²) in [6.45, 7) is 0.615. The second-order valence-electron chi connectivity index (χ2n) is 6.57. The number of aliphatic hydroxyl groups excluding tert-OH is 1. The minimum absolute atomic E-state index is 0.120. The van der Waals surface area contributed by atoms with Gasteiger partial charge in [-0.25, -0.2) is 0 Å². The lowest BCUT2D eigenvalue weighted by Crippen LogP contribution is -2.13. The van der Waals surface area contributed by atoms with E-state index >= 15 is 0 Å². The molecule has 0 spiro atoms. The number of carbonyl (C=O) groups excluding carboxylic acids is 1. The van der Waals surface area contributed by atoms with Crippen LogP contribution in [0.4, 0.5) is 0 Å². The molecule has 0 aliphatic carbocycles. The largest absolute Gasteiger partial charge is 0.489 e. The summed E-state index contributed by atoms with van der Waals surface area (Å²) in [4.78, 5) is 12.1. The maximum atomic E-state index is 12.1. The molecule has 0 heterocycles. The molecule has 1 N–H and O–H groups in total. The molecule has 1 unspecified atom stereocenters. The highest BCUT2D eigenvalue weighted by molar-refractivity contribution is 5.70. The van der Waals surface area contributed by atoms with Crippen molar-refractivity contribution < 1.29 is 19.4 Å². The molecule has 0 aliphatic rings. The Morgan fingerprint density at radius 1 is 0.786 bits per heavy atom. The summed E-state index contributed by atoms with van der Waals surface area (Å²) in [5.74, 6) is 0.120. The van der Waals surface area contributed by atoms with Gasteiger partial charge in [0.05, 0.1) is 13.0 Å². The Labute approximate surface area is 165 Å². The molecule has 3 aromatic rings. The average Bonchev–Trinajstić information content (AvgIpc) is 2.76. The molecule has 0 aromatic heterocycles. The molecule has 0 fully saturated rings. The van der Waals surface area contributed by atoms with Gasteiger partial charge in [0.1, 0.15) is 19.0 Å². The van der Waals surface area contributed by atoms with Crippen LogP contribution in [0.15, 0.2) is 84.9 Å². The maximum Gasteiger partial charge on any atom is 0.306 e. The first-order valence-corrected chi connectivity index (χ1v) is 9.31. The van der Waals surface area contributed by atoms with Crippen LogP contribution in [-0.2, 0) is 22.7 Å². The lowest BCUT2D eigenvalue weighted by atomic mass is 9.96. The zero-order chi connectivity index (χ0) is 19.6. The quantitative estimate of drug-likeness (QED) is 0.560. The molecule has 0 amide bonds. The Morgan fingerprint density at radius 2 is 1.36 bits per heavy atom. The minimum atomic E-state index is -0.327. The van der Waals surface area contributed by atoms with Crippen molar-refractivity contribution in [1.82, 2.24) is 0 Å². The summed E-state index contributed by atoms with van der Waals surface area (Å²) in [6.07, 6.45) is 0.132. The molecular formula is C24H24O4. The molecule has 4 nitrogen and oxygen atoms in total. The Bertz CT molecular complexity index is 845. The van der Waals surface area contributed by atoms with Gasteiger partial charge in [-0.1, -0.05) is 72.8 Å². The molecule has 0 saturated carbocycles. The van der Waals surface area contributed by atoms with E-state index in [1.165, 1.54) is 0 Å². The Kier molecular flexibility index (Phi) is 7.21. The first kappa shape index (κ1) is 19.6. The van der Waals surface area contributed by atoms with Gasteiger partial charge in [-0.15, -0.1) is 0 Å². The first-order valence-electron chi connectivity index (χ1n) is 9.31. The van der Waals surface area contributed by atoms with Crippen LogP contribution >= 0.6 is 0 Å². The molecule has 4 heteroatoms. The van der Waals surface area contributed by atoms with Crippen molar-refractivity contribution in [2.24, 2.45) is 0 Å². The molecular weight excluding hydrogens is 352 g/mol. The monoisotopic (exact) mass is 376 g/mol. The second-order valence-corrected chi connectivity index (χ2v) is 6.57. The highest BCUT2D eigenvalue weighted by Crippen LogP contribution is 2.23. The van der Waals surface area contributed by atoms with Crippen LogP contribution in [0.5, 0.6) is 5.75 Å².